The summed E-state index contributed by atoms with van der Waals surface area (Å²) >= 11 is 0. The van der Waals surface area contributed by atoms with Gasteiger partial charge in [-0.3, -0.25) is 9.69 Å². The molecule has 2 aliphatic heterocycles. The van der Waals surface area contributed by atoms with Crippen LogP contribution in [0, 0.1) is 11.8 Å². The van der Waals surface area contributed by atoms with Gasteiger partial charge in [0.1, 0.15) is 23.0 Å². The van der Waals surface area contributed by atoms with Crippen LogP contribution in [-0.4, -0.2) is 113 Å². The van der Waals surface area contributed by atoms with Crippen molar-refractivity contribution in [1.82, 2.24) is 9.80 Å². The van der Waals surface area contributed by atoms with Gasteiger partial charge in [0.25, 0.3) is 0 Å². The number of β-amino-alcohol motifs (C(OH)–C–C–N with tert-alkyl or cyclic N) is 1. The molecule has 4 fully saturated rings. The third-order valence-electron chi connectivity index (χ3n) is 14.3. The van der Waals surface area contributed by atoms with Crippen molar-refractivity contribution in [3.05, 3.63) is 119 Å². The van der Waals surface area contributed by atoms with Crippen LogP contribution in [0.1, 0.15) is 87.9 Å². The fourth-order valence-electron chi connectivity index (χ4n) is 10.2. The molecule has 0 amide bonds. The Kier molecular flexibility index (Phi) is 23.4. The Balaban J connectivity index is 0.000000378. The number of ether oxygens (including phenoxy) is 4. The standard InChI is InChI=1S/C26H29F6NO3.C26H27F6NO3.CH4O.B.Na.H/c2*27-25(28,29)20-6-8-21(9-7-20)35-17-18-3-1-14-33(15-18)16-23(34)24(12-2-13-24)19-4-10-22(11-5-19)36-26(30,31)32;1-2;;;/h4-11,18,23,34H,1-3,12-17H2;4-11,18H,1-3,12-17H2;2H,1H3;;;/q;;;;+1;-1. The second-order valence-corrected chi connectivity index (χ2v) is 19.2. The van der Waals surface area contributed by atoms with Crippen molar-refractivity contribution < 1.29 is 118 Å². The van der Waals surface area contributed by atoms with Crippen LogP contribution in [0.15, 0.2) is 97.1 Å². The summed E-state index contributed by atoms with van der Waals surface area (Å²) in [6.45, 7) is 4.23. The van der Waals surface area contributed by atoms with E-state index in [1.807, 2.05) is 0 Å². The van der Waals surface area contributed by atoms with E-state index in [-0.39, 0.29) is 75.1 Å². The molecule has 0 aromatic heterocycles. The molecule has 2 aliphatic carbocycles. The average Bonchev–Trinajstić information content (AvgIpc) is 3.30. The second kappa shape index (κ2) is 27.6. The Bertz CT molecular complexity index is 2380. The van der Waals surface area contributed by atoms with Crippen LogP contribution < -0.4 is 48.5 Å². The number of likely N-dealkylation sites (tertiary alicyclic amines) is 2. The SMILES string of the molecule is CO.O=C(CN1CCCC(COc2ccc(C(F)(F)F)cc2)C1)C1(c2ccc(OC(F)(F)F)cc2)CCC1.OC(CN1CCCC(COc2ccc(C(F)(F)F)cc2)C1)C1(c2ccc(OC(F)(F)F)cc2)CCC1.[B].[H-].[Na+]. The second-order valence-electron chi connectivity index (χ2n) is 19.2. The first-order valence-corrected chi connectivity index (χ1v) is 24.3. The largest absolute Gasteiger partial charge is 1.00 e. The van der Waals surface area contributed by atoms with Crippen molar-refractivity contribution in [3.8, 4) is 23.0 Å². The van der Waals surface area contributed by atoms with Gasteiger partial charge in [-0.05, 0) is 148 Å². The van der Waals surface area contributed by atoms with E-state index in [9.17, 15) is 62.6 Å². The summed E-state index contributed by atoms with van der Waals surface area (Å²) < 4.78 is 170. The Morgan fingerprint density at radius 2 is 0.961 bits per heavy atom. The number of Topliss-reactive ketones (excluding diaryl/α,β-unsaturated/α-hetero) is 1. The third-order valence-corrected chi connectivity index (χ3v) is 14.3. The number of benzene rings is 4. The van der Waals surface area contributed by atoms with E-state index in [1.54, 1.807) is 12.1 Å². The topological polar surface area (TPSA) is 101 Å². The molecule has 2 heterocycles. The first kappa shape index (κ1) is 64.3. The smallest absolute Gasteiger partial charge is 1.00 e. The molecular weight excluding hydrogens is 1040 g/mol. The molecule has 23 heteroatoms. The van der Waals surface area contributed by atoms with Crippen molar-refractivity contribution in [2.24, 2.45) is 11.8 Å². The Morgan fingerprint density at radius 1 is 0.579 bits per heavy atom. The van der Waals surface area contributed by atoms with Gasteiger partial charge in [0.2, 0.25) is 0 Å². The average molecular weight is 1100 g/mol. The van der Waals surface area contributed by atoms with Crippen molar-refractivity contribution >= 4 is 14.2 Å². The minimum Gasteiger partial charge on any atom is -1.00 e. The Hall–Kier alpha value is -4.19. The minimum absolute atomic E-state index is 0. The molecular formula is C53H61BF12N2NaO7. The van der Waals surface area contributed by atoms with E-state index >= 15 is 0 Å². The number of nitrogens with zero attached hydrogens (tertiary/aromatic N) is 2. The van der Waals surface area contributed by atoms with E-state index in [0.29, 0.717) is 62.8 Å². The minimum atomic E-state index is -4.77. The number of rotatable bonds is 16. The number of aliphatic hydroxyl groups excluding tert-OH is 2. The molecule has 4 aliphatic rings. The predicted octanol–water partition coefficient (Wildman–Crippen LogP) is 8.91. The van der Waals surface area contributed by atoms with E-state index < -0.39 is 53.1 Å². The zero-order chi connectivity index (χ0) is 54.0. The maximum absolute atomic E-state index is 13.4. The van der Waals surface area contributed by atoms with E-state index in [4.69, 9.17) is 14.6 Å². The van der Waals surface area contributed by atoms with Gasteiger partial charge < -0.3 is 35.5 Å². The van der Waals surface area contributed by atoms with Crippen molar-refractivity contribution in [1.29, 1.82) is 0 Å². The molecule has 2 N–H and O–H groups in total. The Labute approximate surface area is 459 Å². The fraction of sp³-hybridized carbons (Fsp3) is 0.528. The van der Waals surface area contributed by atoms with Crippen molar-refractivity contribution in [2.45, 2.75) is 106 Å². The van der Waals surface area contributed by atoms with Gasteiger partial charge in [-0.15, -0.1) is 26.3 Å². The molecule has 76 heavy (non-hydrogen) atoms. The van der Waals surface area contributed by atoms with Gasteiger partial charge in [0.15, 0.2) is 5.78 Å². The molecule has 413 valence electrons. The number of carbonyl (C=O) groups excluding carboxylic acids is 1. The summed E-state index contributed by atoms with van der Waals surface area (Å²) in [5, 5.41) is 18.2. The Morgan fingerprint density at radius 3 is 1.33 bits per heavy atom. The number of piperidine rings is 2. The zero-order valence-electron chi connectivity index (χ0n) is 43.1. The molecule has 8 rings (SSSR count). The number of carbonyl (C=O) groups is 1. The monoisotopic (exact) mass is 1100 g/mol. The first-order chi connectivity index (χ1) is 34.9. The van der Waals surface area contributed by atoms with Crippen LogP contribution in [0.25, 0.3) is 0 Å². The molecule has 2 saturated heterocycles. The van der Waals surface area contributed by atoms with Crippen molar-refractivity contribution in [2.75, 3.05) is 59.6 Å². The molecule has 3 atom stereocenters. The maximum Gasteiger partial charge on any atom is 1.00 e. The predicted molar refractivity (Wildman–Crippen MR) is 256 cm³/mol. The summed E-state index contributed by atoms with van der Waals surface area (Å²) in [5.74, 6) is 0.480. The molecule has 9 nitrogen and oxygen atoms in total. The first-order valence-electron chi connectivity index (χ1n) is 24.3. The van der Waals surface area contributed by atoms with Crippen LogP contribution in [0.5, 0.6) is 23.0 Å². The number of ketones is 1. The van der Waals surface area contributed by atoms with Gasteiger partial charge in [-0.25, -0.2) is 0 Å². The number of aliphatic hydroxyl groups is 2. The van der Waals surface area contributed by atoms with Gasteiger partial charge in [0.05, 0.1) is 42.4 Å². The van der Waals surface area contributed by atoms with E-state index in [2.05, 4.69) is 19.3 Å². The van der Waals surface area contributed by atoms with E-state index in [0.717, 1.165) is 101 Å². The third kappa shape index (κ3) is 17.9. The maximum atomic E-state index is 13.4. The molecule has 4 aromatic rings. The van der Waals surface area contributed by atoms with Crippen LogP contribution in [-0.2, 0) is 28.0 Å². The quantitative estimate of drug-likeness (QED) is 0.0843. The normalized spacial score (nSPS) is 19.9. The summed E-state index contributed by atoms with van der Waals surface area (Å²) in [5.41, 5.74) is -1.15. The van der Waals surface area contributed by atoms with Crippen LogP contribution >= 0.6 is 0 Å². The molecule has 3 unspecified atom stereocenters. The van der Waals surface area contributed by atoms with Gasteiger partial charge in [-0.1, -0.05) is 37.1 Å². The summed E-state index contributed by atoms with van der Waals surface area (Å²) in [4.78, 5) is 17.6. The van der Waals surface area contributed by atoms with Crippen LogP contribution in [0.3, 0.4) is 0 Å². The molecule has 4 aromatic carbocycles. The number of alkyl halides is 12. The molecule has 3 radical (unpaired) electrons. The summed E-state index contributed by atoms with van der Waals surface area (Å²) in [6, 6.07) is 20.5. The summed E-state index contributed by atoms with van der Waals surface area (Å²) in [7, 11) is 1.00. The summed E-state index contributed by atoms with van der Waals surface area (Å²) in [6.07, 6.45) is -10.8. The van der Waals surface area contributed by atoms with Crippen LogP contribution in [0.4, 0.5) is 52.7 Å². The number of hydrogen-bond acceptors (Lipinski definition) is 9. The molecule has 0 bridgehead atoms. The van der Waals surface area contributed by atoms with Gasteiger partial charge in [0, 0.05) is 52.4 Å². The number of halogens is 12. The van der Waals surface area contributed by atoms with Gasteiger partial charge >= 0.3 is 54.6 Å². The molecule has 2 saturated carbocycles. The van der Waals surface area contributed by atoms with E-state index in [1.165, 1.54) is 60.7 Å². The zero-order valence-corrected chi connectivity index (χ0v) is 44.1. The molecule has 0 spiro atoms. The fourth-order valence-corrected chi connectivity index (χ4v) is 10.2. The van der Waals surface area contributed by atoms with Gasteiger partial charge in [-0.2, -0.15) is 26.3 Å². The van der Waals surface area contributed by atoms with Crippen LogP contribution in [0.2, 0.25) is 0 Å². The number of hydrogen-bond donors (Lipinski definition) is 2. The van der Waals surface area contributed by atoms with Crippen molar-refractivity contribution in [3.63, 3.8) is 0 Å².